The highest BCUT2D eigenvalue weighted by atomic mass is 19.1. The number of anilines is 1. The van der Waals surface area contributed by atoms with Crippen LogP contribution in [0.4, 0.5) is 10.1 Å². The van der Waals surface area contributed by atoms with Crippen molar-refractivity contribution in [1.29, 1.82) is 0 Å². The number of ether oxygens (including phenoxy) is 2. The molecule has 1 aliphatic carbocycles. The predicted molar refractivity (Wildman–Crippen MR) is 82.3 cm³/mol. The Morgan fingerprint density at radius 2 is 2.14 bits per heavy atom. The SMILES string of the molecule is COC[C@@H]1CC[C@@H](Nc2ccc(F)cc2)C2(O)CCCO[C@H]12. The van der Waals surface area contributed by atoms with E-state index >= 15 is 0 Å². The molecule has 1 saturated carbocycles. The Labute approximate surface area is 130 Å². The maximum absolute atomic E-state index is 13.0. The first kappa shape index (κ1) is 15.7. The fourth-order valence-corrected chi connectivity index (χ4v) is 3.88. The molecule has 0 bridgehead atoms. The van der Waals surface area contributed by atoms with Crippen LogP contribution in [-0.4, -0.2) is 43.2 Å². The number of halogens is 1. The van der Waals surface area contributed by atoms with Gasteiger partial charge >= 0.3 is 0 Å². The average molecular weight is 309 g/mol. The summed E-state index contributed by atoms with van der Waals surface area (Å²) in [6.07, 6.45) is 3.17. The number of aliphatic hydroxyl groups is 1. The normalized spacial score (nSPS) is 35.0. The first-order valence-corrected chi connectivity index (χ1v) is 7.98. The van der Waals surface area contributed by atoms with Crippen molar-refractivity contribution in [3.8, 4) is 0 Å². The standard InChI is InChI=1S/C17H24FNO3/c1-21-11-12-3-8-15(17(20)9-2-10-22-16(12)17)19-14-6-4-13(18)5-7-14/h4-7,12,15-16,19-20H,2-3,8-11H2,1H3/t12-,15+,16+,17?/m0/s1. The van der Waals surface area contributed by atoms with Crippen LogP contribution in [0, 0.1) is 11.7 Å². The average Bonchev–Trinajstić information content (AvgIpc) is 2.52. The molecule has 2 N–H and O–H groups in total. The maximum Gasteiger partial charge on any atom is 0.123 e. The highest BCUT2D eigenvalue weighted by Crippen LogP contribution is 2.42. The van der Waals surface area contributed by atoms with Crippen LogP contribution >= 0.6 is 0 Å². The Hall–Kier alpha value is -1.17. The van der Waals surface area contributed by atoms with E-state index in [2.05, 4.69) is 5.32 Å². The van der Waals surface area contributed by atoms with E-state index in [1.54, 1.807) is 19.2 Å². The molecule has 1 saturated heterocycles. The Kier molecular flexibility index (Phi) is 4.66. The number of rotatable bonds is 4. The molecule has 1 aromatic rings. The Morgan fingerprint density at radius 3 is 2.86 bits per heavy atom. The van der Waals surface area contributed by atoms with E-state index in [4.69, 9.17) is 9.47 Å². The second kappa shape index (κ2) is 6.52. The third-order valence-electron chi connectivity index (χ3n) is 4.94. The van der Waals surface area contributed by atoms with Crippen LogP contribution in [-0.2, 0) is 9.47 Å². The lowest BCUT2D eigenvalue weighted by molar-refractivity contribution is -0.196. The van der Waals surface area contributed by atoms with E-state index in [-0.39, 0.29) is 23.9 Å². The molecule has 2 fully saturated rings. The molecule has 1 heterocycles. The van der Waals surface area contributed by atoms with Crippen LogP contribution in [0.25, 0.3) is 0 Å². The van der Waals surface area contributed by atoms with Gasteiger partial charge < -0.3 is 19.9 Å². The van der Waals surface area contributed by atoms with E-state index in [1.807, 2.05) is 0 Å². The van der Waals surface area contributed by atoms with Crippen LogP contribution in [0.1, 0.15) is 25.7 Å². The van der Waals surface area contributed by atoms with Crippen LogP contribution in [0.3, 0.4) is 0 Å². The van der Waals surface area contributed by atoms with Gasteiger partial charge in [0.15, 0.2) is 0 Å². The lowest BCUT2D eigenvalue weighted by Crippen LogP contribution is -2.64. The topological polar surface area (TPSA) is 50.7 Å². The molecule has 0 amide bonds. The lowest BCUT2D eigenvalue weighted by Gasteiger charge is -2.51. The molecule has 1 unspecified atom stereocenters. The minimum Gasteiger partial charge on any atom is -0.385 e. The van der Waals surface area contributed by atoms with Crippen molar-refractivity contribution >= 4 is 5.69 Å². The third kappa shape index (κ3) is 2.98. The molecule has 1 aliphatic heterocycles. The fourth-order valence-electron chi connectivity index (χ4n) is 3.88. The first-order chi connectivity index (χ1) is 10.6. The minimum absolute atomic E-state index is 0.0867. The molecule has 4 atom stereocenters. The fraction of sp³-hybridized carbons (Fsp3) is 0.647. The van der Waals surface area contributed by atoms with Gasteiger partial charge in [-0.3, -0.25) is 0 Å². The quantitative estimate of drug-likeness (QED) is 0.897. The Morgan fingerprint density at radius 1 is 1.36 bits per heavy atom. The van der Waals surface area contributed by atoms with Crippen LogP contribution in [0.15, 0.2) is 24.3 Å². The van der Waals surface area contributed by atoms with Crippen LogP contribution in [0.5, 0.6) is 0 Å². The van der Waals surface area contributed by atoms with Gasteiger partial charge in [0.2, 0.25) is 0 Å². The minimum atomic E-state index is -0.895. The Balaban J connectivity index is 1.78. The second-order valence-corrected chi connectivity index (χ2v) is 6.38. The summed E-state index contributed by atoms with van der Waals surface area (Å²) < 4.78 is 24.2. The van der Waals surface area contributed by atoms with Crippen molar-refractivity contribution in [3.63, 3.8) is 0 Å². The zero-order chi connectivity index (χ0) is 15.6. The zero-order valence-corrected chi connectivity index (χ0v) is 12.9. The van der Waals surface area contributed by atoms with Gasteiger partial charge in [0.05, 0.1) is 18.8 Å². The molecular formula is C17H24FNO3. The molecule has 0 radical (unpaired) electrons. The van der Waals surface area contributed by atoms with Crippen molar-refractivity contribution in [1.82, 2.24) is 0 Å². The number of benzene rings is 1. The molecule has 22 heavy (non-hydrogen) atoms. The van der Waals surface area contributed by atoms with Crippen LogP contribution in [0.2, 0.25) is 0 Å². The predicted octanol–water partition coefficient (Wildman–Crippen LogP) is 2.57. The summed E-state index contributed by atoms with van der Waals surface area (Å²) in [6, 6.07) is 6.18. The van der Waals surface area contributed by atoms with E-state index < -0.39 is 5.60 Å². The van der Waals surface area contributed by atoms with Crippen LogP contribution < -0.4 is 5.32 Å². The summed E-state index contributed by atoms with van der Waals surface area (Å²) in [7, 11) is 1.69. The molecular weight excluding hydrogens is 285 g/mol. The van der Waals surface area contributed by atoms with Crippen molar-refractivity contribution in [2.24, 2.45) is 5.92 Å². The highest BCUT2D eigenvalue weighted by Gasteiger charge is 2.52. The molecule has 5 heteroatoms. The lowest BCUT2D eigenvalue weighted by atomic mass is 9.69. The summed E-state index contributed by atoms with van der Waals surface area (Å²) in [5.41, 5.74) is -0.0667. The molecule has 3 rings (SSSR count). The largest absolute Gasteiger partial charge is 0.385 e. The Bertz CT molecular complexity index is 495. The molecule has 122 valence electrons. The number of hydrogen-bond donors (Lipinski definition) is 2. The molecule has 2 aliphatic rings. The van der Waals surface area contributed by atoms with Gasteiger partial charge in [-0.25, -0.2) is 4.39 Å². The highest BCUT2D eigenvalue weighted by molar-refractivity contribution is 5.45. The second-order valence-electron chi connectivity index (χ2n) is 6.38. The van der Waals surface area contributed by atoms with Crippen molar-refractivity contribution in [2.45, 2.75) is 43.4 Å². The van der Waals surface area contributed by atoms with Gasteiger partial charge in [-0.1, -0.05) is 0 Å². The van der Waals surface area contributed by atoms with E-state index in [9.17, 15) is 9.50 Å². The number of fused-ring (bicyclic) bond motifs is 1. The van der Waals surface area contributed by atoms with Gasteiger partial charge in [-0.15, -0.1) is 0 Å². The van der Waals surface area contributed by atoms with E-state index in [0.29, 0.717) is 13.2 Å². The monoisotopic (exact) mass is 309 g/mol. The summed E-state index contributed by atoms with van der Waals surface area (Å²) >= 11 is 0. The molecule has 0 spiro atoms. The van der Waals surface area contributed by atoms with E-state index in [1.165, 1.54) is 12.1 Å². The third-order valence-corrected chi connectivity index (χ3v) is 4.94. The number of nitrogens with one attached hydrogen (secondary N) is 1. The van der Waals surface area contributed by atoms with Crippen molar-refractivity contribution in [3.05, 3.63) is 30.1 Å². The van der Waals surface area contributed by atoms with Crippen molar-refractivity contribution in [2.75, 3.05) is 25.6 Å². The van der Waals surface area contributed by atoms with Gasteiger partial charge in [0.1, 0.15) is 11.4 Å². The summed E-state index contributed by atoms with van der Waals surface area (Å²) in [5.74, 6) is -0.0338. The number of methoxy groups -OCH3 is 1. The molecule has 4 nitrogen and oxygen atoms in total. The van der Waals surface area contributed by atoms with E-state index in [0.717, 1.165) is 31.4 Å². The smallest absolute Gasteiger partial charge is 0.123 e. The van der Waals surface area contributed by atoms with Gasteiger partial charge in [0.25, 0.3) is 0 Å². The summed E-state index contributed by atoms with van der Waals surface area (Å²) in [4.78, 5) is 0. The van der Waals surface area contributed by atoms with Gasteiger partial charge in [0, 0.05) is 25.3 Å². The van der Waals surface area contributed by atoms with Crippen molar-refractivity contribution < 1.29 is 19.0 Å². The first-order valence-electron chi connectivity index (χ1n) is 7.98. The molecule has 1 aromatic carbocycles. The summed E-state index contributed by atoms with van der Waals surface area (Å²) in [5, 5.41) is 14.6. The van der Waals surface area contributed by atoms with Gasteiger partial charge in [-0.2, -0.15) is 0 Å². The summed E-state index contributed by atoms with van der Waals surface area (Å²) in [6.45, 7) is 1.30. The number of hydrogen-bond acceptors (Lipinski definition) is 4. The van der Waals surface area contributed by atoms with Gasteiger partial charge in [-0.05, 0) is 49.9 Å². The zero-order valence-electron chi connectivity index (χ0n) is 12.9. The maximum atomic E-state index is 13.0. The molecule has 0 aromatic heterocycles.